The first-order valence-corrected chi connectivity index (χ1v) is 7.21. The number of nitrogens with zero attached hydrogens (tertiary/aromatic N) is 2. The summed E-state index contributed by atoms with van der Waals surface area (Å²) in [6.07, 6.45) is 4.95. The normalized spacial score (nSPS) is 32.8. The second-order valence-electron chi connectivity index (χ2n) is 5.57. The Morgan fingerprint density at radius 1 is 1.22 bits per heavy atom. The van der Waals surface area contributed by atoms with Crippen molar-refractivity contribution in [1.82, 2.24) is 9.97 Å². The number of thiazole rings is 1. The third-order valence-electron chi connectivity index (χ3n) is 4.02. The Hall–Kier alpha value is -0.970. The predicted molar refractivity (Wildman–Crippen MR) is 72.8 cm³/mol. The van der Waals surface area contributed by atoms with Crippen LogP contribution in [-0.2, 0) is 5.41 Å². The fraction of sp³-hybridized carbons (Fsp3) is 0.385. The van der Waals surface area contributed by atoms with E-state index in [1.54, 1.807) is 17.5 Å². The van der Waals surface area contributed by atoms with Crippen molar-refractivity contribution in [1.29, 1.82) is 0 Å². The highest BCUT2D eigenvalue weighted by atomic mass is 35.5. The third-order valence-corrected chi connectivity index (χ3v) is 5.33. The lowest BCUT2D eigenvalue weighted by atomic mass is 9.40. The van der Waals surface area contributed by atoms with Gasteiger partial charge < -0.3 is 5.73 Å². The smallest absolute Gasteiger partial charge is 0.0998 e. The van der Waals surface area contributed by atoms with Crippen LogP contribution in [0, 0.1) is 0 Å². The number of rotatable bonds is 2. The molecule has 0 amide bonds. The van der Waals surface area contributed by atoms with E-state index in [1.165, 1.54) is 5.01 Å². The van der Waals surface area contributed by atoms with Crippen molar-refractivity contribution < 1.29 is 0 Å². The molecule has 2 aromatic heterocycles. The van der Waals surface area contributed by atoms with Crippen molar-refractivity contribution in [3.05, 3.63) is 33.7 Å². The molecule has 2 N–H and O–H groups in total. The summed E-state index contributed by atoms with van der Waals surface area (Å²) < 4.78 is 0. The topological polar surface area (TPSA) is 51.8 Å². The summed E-state index contributed by atoms with van der Waals surface area (Å²) in [5.74, 6) is 0. The molecule has 3 fully saturated rings. The van der Waals surface area contributed by atoms with Gasteiger partial charge in [0, 0.05) is 22.5 Å². The largest absolute Gasteiger partial charge is 0.325 e. The molecule has 3 aliphatic carbocycles. The van der Waals surface area contributed by atoms with E-state index in [0.717, 1.165) is 30.7 Å². The highest BCUT2D eigenvalue weighted by molar-refractivity contribution is 7.10. The van der Waals surface area contributed by atoms with Crippen LogP contribution in [0.15, 0.2) is 23.7 Å². The van der Waals surface area contributed by atoms with Gasteiger partial charge in [0.1, 0.15) is 0 Å². The van der Waals surface area contributed by atoms with Crippen LogP contribution in [-0.4, -0.2) is 15.5 Å². The summed E-state index contributed by atoms with van der Waals surface area (Å²) >= 11 is 7.56. The van der Waals surface area contributed by atoms with Gasteiger partial charge in [0.2, 0.25) is 0 Å². The van der Waals surface area contributed by atoms with Crippen molar-refractivity contribution >= 4 is 22.9 Å². The number of nitrogens with two attached hydrogens (primary N) is 1. The van der Waals surface area contributed by atoms with Crippen LogP contribution in [0.5, 0.6) is 0 Å². The van der Waals surface area contributed by atoms with E-state index in [0.29, 0.717) is 10.4 Å². The van der Waals surface area contributed by atoms with Crippen LogP contribution in [0.4, 0.5) is 0 Å². The molecule has 5 heteroatoms. The quantitative estimate of drug-likeness (QED) is 0.918. The highest BCUT2D eigenvalue weighted by Gasteiger charge is 2.67. The maximum Gasteiger partial charge on any atom is 0.0998 e. The monoisotopic (exact) mass is 277 g/mol. The Labute approximate surface area is 114 Å². The minimum Gasteiger partial charge on any atom is -0.325 e. The highest BCUT2D eigenvalue weighted by Crippen LogP contribution is 2.66. The van der Waals surface area contributed by atoms with Crippen molar-refractivity contribution in [2.75, 3.05) is 0 Å². The zero-order chi connectivity index (χ0) is 12.4. The van der Waals surface area contributed by atoms with Crippen molar-refractivity contribution in [3.8, 4) is 11.4 Å². The molecule has 0 unspecified atom stereocenters. The van der Waals surface area contributed by atoms with Crippen LogP contribution >= 0.6 is 22.9 Å². The van der Waals surface area contributed by atoms with Crippen LogP contribution in [0.3, 0.4) is 0 Å². The molecule has 0 spiro atoms. The minimum absolute atomic E-state index is 0.129. The van der Waals surface area contributed by atoms with Crippen molar-refractivity contribution in [2.24, 2.45) is 5.73 Å². The second-order valence-corrected chi connectivity index (χ2v) is 6.87. The van der Waals surface area contributed by atoms with Crippen molar-refractivity contribution in [3.63, 3.8) is 0 Å². The van der Waals surface area contributed by atoms with E-state index in [-0.39, 0.29) is 5.54 Å². The van der Waals surface area contributed by atoms with Gasteiger partial charge in [0.25, 0.3) is 0 Å². The first kappa shape index (κ1) is 10.9. The summed E-state index contributed by atoms with van der Waals surface area (Å²) in [7, 11) is 0. The first-order valence-electron chi connectivity index (χ1n) is 5.96. The van der Waals surface area contributed by atoms with Gasteiger partial charge in [-0.25, -0.2) is 4.98 Å². The SMILES string of the molecule is NC12CC(c3nc(-c4ccc(Cl)cn4)cs3)(C1)C2. The maximum atomic E-state index is 6.09. The Kier molecular flexibility index (Phi) is 2.01. The second kappa shape index (κ2) is 3.32. The molecule has 5 rings (SSSR count). The molecular formula is C13H12ClN3S. The molecule has 3 nitrogen and oxygen atoms in total. The van der Waals surface area contributed by atoms with Gasteiger partial charge in [-0.2, -0.15) is 0 Å². The molecule has 0 aliphatic heterocycles. The molecule has 2 heterocycles. The number of pyridine rings is 1. The Morgan fingerprint density at radius 3 is 2.61 bits per heavy atom. The maximum absolute atomic E-state index is 6.09. The van der Waals surface area contributed by atoms with Crippen LogP contribution < -0.4 is 5.73 Å². The lowest BCUT2D eigenvalue weighted by molar-refractivity contribution is -0.0590. The lowest BCUT2D eigenvalue weighted by Crippen LogP contribution is -2.74. The molecule has 18 heavy (non-hydrogen) atoms. The summed E-state index contributed by atoms with van der Waals surface area (Å²) in [4.78, 5) is 9.03. The van der Waals surface area contributed by atoms with Gasteiger partial charge in [-0.15, -0.1) is 11.3 Å². The Balaban J connectivity index is 1.65. The van der Waals surface area contributed by atoms with E-state index in [9.17, 15) is 0 Å². The minimum atomic E-state index is 0.129. The van der Waals surface area contributed by atoms with Gasteiger partial charge >= 0.3 is 0 Å². The number of halogens is 1. The summed E-state index contributed by atoms with van der Waals surface area (Å²) in [5.41, 5.74) is 8.35. The van der Waals surface area contributed by atoms with E-state index < -0.39 is 0 Å². The average Bonchev–Trinajstić information content (AvgIpc) is 2.74. The molecular weight excluding hydrogens is 266 g/mol. The molecule has 0 aromatic carbocycles. The zero-order valence-electron chi connectivity index (χ0n) is 9.69. The summed E-state index contributed by atoms with van der Waals surface area (Å²) in [5, 5.41) is 3.95. The van der Waals surface area contributed by atoms with E-state index in [2.05, 4.69) is 10.4 Å². The van der Waals surface area contributed by atoms with Crippen molar-refractivity contribution in [2.45, 2.75) is 30.2 Å². The molecule has 2 aromatic rings. The molecule has 92 valence electrons. The summed E-state index contributed by atoms with van der Waals surface area (Å²) in [6, 6.07) is 3.76. The standard InChI is InChI=1S/C13H12ClN3S/c14-8-1-2-9(16-3-8)10-4-18-11(17-10)12-5-13(15,6-12)7-12/h1-4H,5-7,15H2. The molecule has 0 radical (unpaired) electrons. The van der Waals surface area contributed by atoms with Gasteiger partial charge in [-0.3, -0.25) is 4.98 Å². The molecule has 3 aliphatic rings. The van der Waals surface area contributed by atoms with Gasteiger partial charge in [-0.1, -0.05) is 11.6 Å². The van der Waals surface area contributed by atoms with Gasteiger partial charge in [-0.05, 0) is 31.4 Å². The summed E-state index contributed by atoms with van der Waals surface area (Å²) in [6.45, 7) is 0. The van der Waals surface area contributed by atoms with E-state index in [1.807, 2.05) is 12.1 Å². The first-order chi connectivity index (χ1) is 8.59. The Morgan fingerprint density at radius 2 is 2.00 bits per heavy atom. The van der Waals surface area contributed by atoms with E-state index in [4.69, 9.17) is 22.3 Å². The van der Waals surface area contributed by atoms with Gasteiger partial charge in [0.15, 0.2) is 0 Å². The molecule has 0 atom stereocenters. The predicted octanol–water partition coefficient (Wildman–Crippen LogP) is 2.99. The molecule has 0 saturated heterocycles. The fourth-order valence-electron chi connectivity index (χ4n) is 3.26. The van der Waals surface area contributed by atoms with Gasteiger partial charge in [0.05, 0.1) is 21.4 Å². The molecule has 3 saturated carbocycles. The number of hydrogen-bond donors (Lipinski definition) is 1. The lowest BCUT2D eigenvalue weighted by Gasteiger charge is -2.68. The average molecular weight is 278 g/mol. The Bertz CT molecular complexity index is 600. The zero-order valence-corrected chi connectivity index (χ0v) is 11.3. The molecule has 2 bridgehead atoms. The number of hydrogen-bond acceptors (Lipinski definition) is 4. The fourth-order valence-corrected chi connectivity index (χ4v) is 4.38. The number of aromatic nitrogens is 2. The van der Waals surface area contributed by atoms with Crippen LogP contribution in [0.1, 0.15) is 24.3 Å². The van der Waals surface area contributed by atoms with E-state index >= 15 is 0 Å². The van der Waals surface area contributed by atoms with Crippen LogP contribution in [0.25, 0.3) is 11.4 Å². The third kappa shape index (κ3) is 1.40. The van der Waals surface area contributed by atoms with Crippen LogP contribution in [0.2, 0.25) is 5.02 Å².